The fourth-order valence-corrected chi connectivity index (χ4v) is 1.55. The summed E-state index contributed by atoms with van der Waals surface area (Å²) in [6, 6.07) is 6.09. The maximum Gasteiger partial charge on any atom is 0.189 e. The minimum absolute atomic E-state index is 0.323. The van der Waals surface area contributed by atoms with Gasteiger partial charge >= 0.3 is 0 Å². The Hall–Kier alpha value is -2.11. The molecule has 0 saturated heterocycles. The third-order valence-electron chi connectivity index (χ3n) is 2.78. The van der Waals surface area contributed by atoms with E-state index in [-0.39, 0.29) is 0 Å². The van der Waals surface area contributed by atoms with Gasteiger partial charge in [0.2, 0.25) is 0 Å². The Labute approximate surface area is 106 Å². The number of aliphatic imine (C=N–C) groups is 1. The van der Waals surface area contributed by atoms with Crippen LogP contribution in [0.1, 0.15) is 26.1 Å². The first-order valence-corrected chi connectivity index (χ1v) is 6.05. The molecule has 2 aromatic heterocycles. The largest absolute Gasteiger partial charge is 0.370 e. The van der Waals surface area contributed by atoms with Gasteiger partial charge in [-0.3, -0.25) is 4.40 Å². The van der Waals surface area contributed by atoms with E-state index >= 15 is 0 Å². The normalized spacial score (nSPS) is 13.8. The number of hydrogen-bond donors (Lipinski definition) is 2. The van der Waals surface area contributed by atoms with Crippen molar-refractivity contribution in [2.75, 3.05) is 0 Å². The van der Waals surface area contributed by atoms with Crippen LogP contribution in [0.4, 0.5) is 0 Å². The van der Waals surface area contributed by atoms with Crippen LogP contribution in [0.3, 0.4) is 0 Å². The number of hydrogen-bond acceptors (Lipinski definition) is 3. The average Bonchev–Trinajstić information content (AvgIpc) is 2.79. The van der Waals surface area contributed by atoms with Crippen LogP contribution < -0.4 is 11.1 Å². The molecule has 0 spiro atoms. The molecule has 0 aliphatic rings. The molecule has 0 amide bonds. The number of fused-ring (bicyclic) bond motifs is 1. The maximum absolute atomic E-state index is 5.79. The number of guanidine groups is 1. The summed E-state index contributed by atoms with van der Waals surface area (Å²) in [5, 5.41) is 11.3. The van der Waals surface area contributed by atoms with Crippen molar-refractivity contribution in [2.24, 2.45) is 10.7 Å². The van der Waals surface area contributed by atoms with Gasteiger partial charge in [0.1, 0.15) is 6.54 Å². The van der Waals surface area contributed by atoms with Gasteiger partial charge in [0.25, 0.3) is 0 Å². The Morgan fingerprint density at radius 2 is 2.33 bits per heavy atom. The fraction of sp³-hybridized carbons (Fsp3) is 0.417. The van der Waals surface area contributed by atoms with Crippen LogP contribution in [0.5, 0.6) is 0 Å². The molecule has 0 aromatic carbocycles. The van der Waals surface area contributed by atoms with E-state index in [1.54, 1.807) is 0 Å². The summed E-state index contributed by atoms with van der Waals surface area (Å²) in [4.78, 5) is 4.26. The molecule has 96 valence electrons. The second kappa shape index (κ2) is 5.48. The molecule has 0 fully saturated rings. The predicted octanol–water partition coefficient (Wildman–Crippen LogP) is 0.932. The van der Waals surface area contributed by atoms with E-state index in [4.69, 9.17) is 5.73 Å². The highest BCUT2D eigenvalue weighted by Gasteiger charge is 2.04. The van der Waals surface area contributed by atoms with Gasteiger partial charge < -0.3 is 11.1 Å². The van der Waals surface area contributed by atoms with Gasteiger partial charge in [-0.05, 0) is 25.5 Å². The minimum Gasteiger partial charge on any atom is -0.370 e. The summed E-state index contributed by atoms with van der Waals surface area (Å²) < 4.78 is 1.90. The maximum atomic E-state index is 5.79. The molecule has 3 N–H and O–H groups in total. The van der Waals surface area contributed by atoms with E-state index in [9.17, 15) is 0 Å². The lowest BCUT2D eigenvalue weighted by atomic mass is 10.3. The smallest absolute Gasteiger partial charge is 0.189 e. The molecule has 0 aliphatic carbocycles. The van der Waals surface area contributed by atoms with Crippen LogP contribution in [0.25, 0.3) is 5.65 Å². The summed E-state index contributed by atoms with van der Waals surface area (Å²) in [7, 11) is 0. The quantitative estimate of drug-likeness (QED) is 0.621. The molecule has 1 unspecified atom stereocenters. The summed E-state index contributed by atoms with van der Waals surface area (Å²) in [5.41, 5.74) is 6.61. The zero-order chi connectivity index (χ0) is 13.0. The minimum atomic E-state index is 0.323. The summed E-state index contributed by atoms with van der Waals surface area (Å²) in [5.74, 6) is 1.22. The van der Waals surface area contributed by atoms with E-state index in [1.165, 1.54) is 0 Å². The Morgan fingerprint density at radius 3 is 3.11 bits per heavy atom. The number of aromatic nitrogens is 3. The highest BCUT2D eigenvalue weighted by Crippen LogP contribution is 2.03. The van der Waals surface area contributed by atoms with Gasteiger partial charge in [0.05, 0.1) is 0 Å². The number of nitrogens with two attached hydrogens (primary N) is 1. The highest BCUT2D eigenvalue weighted by atomic mass is 15.3. The second-order valence-electron chi connectivity index (χ2n) is 4.20. The van der Waals surface area contributed by atoms with Crippen LogP contribution in [0, 0.1) is 0 Å². The number of pyridine rings is 1. The lowest BCUT2D eigenvalue weighted by molar-refractivity contribution is 0.636. The van der Waals surface area contributed by atoms with Crippen molar-refractivity contribution in [3.05, 3.63) is 30.2 Å². The zero-order valence-corrected chi connectivity index (χ0v) is 10.7. The number of rotatable bonds is 4. The molecule has 0 saturated carbocycles. The van der Waals surface area contributed by atoms with Crippen LogP contribution in [-0.2, 0) is 6.54 Å². The molecule has 0 bridgehead atoms. The number of nitrogens with zero attached hydrogens (tertiary/aromatic N) is 4. The van der Waals surface area contributed by atoms with Gasteiger partial charge in [0.15, 0.2) is 17.4 Å². The average molecular weight is 246 g/mol. The van der Waals surface area contributed by atoms with E-state index in [0.717, 1.165) is 17.9 Å². The lowest BCUT2D eigenvalue weighted by Crippen LogP contribution is -2.38. The predicted molar refractivity (Wildman–Crippen MR) is 71.2 cm³/mol. The third-order valence-corrected chi connectivity index (χ3v) is 2.78. The van der Waals surface area contributed by atoms with Crippen LogP contribution in [-0.4, -0.2) is 26.6 Å². The lowest BCUT2D eigenvalue weighted by Gasteiger charge is -2.11. The molecule has 6 heteroatoms. The van der Waals surface area contributed by atoms with Crippen molar-refractivity contribution < 1.29 is 0 Å². The summed E-state index contributed by atoms with van der Waals surface area (Å²) in [6.45, 7) is 4.58. The molecule has 2 heterocycles. The van der Waals surface area contributed by atoms with E-state index in [0.29, 0.717) is 18.5 Å². The highest BCUT2D eigenvalue weighted by molar-refractivity contribution is 5.78. The van der Waals surface area contributed by atoms with Crippen molar-refractivity contribution in [3.8, 4) is 0 Å². The summed E-state index contributed by atoms with van der Waals surface area (Å²) >= 11 is 0. The standard InChI is InChI=1S/C12H18N6/c1-3-9(2)15-12(13)14-8-11-17-16-10-6-4-5-7-18(10)11/h4-7,9H,3,8H2,1-2H3,(H3,13,14,15). The first-order valence-electron chi connectivity index (χ1n) is 6.05. The van der Waals surface area contributed by atoms with Crippen molar-refractivity contribution in [1.29, 1.82) is 0 Å². The summed E-state index contributed by atoms with van der Waals surface area (Å²) in [6.07, 6.45) is 2.92. The van der Waals surface area contributed by atoms with Crippen LogP contribution in [0.2, 0.25) is 0 Å². The molecule has 6 nitrogen and oxygen atoms in total. The van der Waals surface area contributed by atoms with E-state index in [2.05, 4.69) is 34.4 Å². The van der Waals surface area contributed by atoms with Crippen LogP contribution >= 0.6 is 0 Å². The molecule has 0 radical (unpaired) electrons. The molecular weight excluding hydrogens is 228 g/mol. The fourth-order valence-electron chi connectivity index (χ4n) is 1.55. The van der Waals surface area contributed by atoms with Crippen molar-refractivity contribution in [2.45, 2.75) is 32.9 Å². The Bertz CT molecular complexity index is 544. The molecule has 1 atom stereocenters. The van der Waals surface area contributed by atoms with Gasteiger partial charge in [-0.25, -0.2) is 4.99 Å². The van der Waals surface area contributed by atoms with Gasteiger partial charge in [0, 0.05) is 12.2 Å². The van der Waals surface area contributed by atoms with E-state index < -0.39 is 0 Å². The molecule has 0 aliphatic heterocycles. The Kier molecular flexibility index (Phi) is 3.76. The van der Waals surface area contributed by atoms with Crippen molar-refractivity contribution in [3.63, 3.8) is 0 Å². The SMILES string of the molecule is CCC(C)NC(N)=NCc1nnc2ccccn12. The molecule has 2 aromatic rings. The monoisotopic (exact) mass is 246 g/mol. The zero-order valence-electron chi connectivity index (χ0n) is 10.7. The van der Waals surface area contributed by atoms with Crippen molar-refractivity contribution >= 4 is 11.6 Å². The first-order chi connectivity index (χ1) is 8.70. The molecular formula is C12H18N6. The van der Waals surface area contributed by atoms with E-state index in [1.807, 2.05) is 28.8 Å². The van der Waals surface area contributed by atoms with Gasteiger partial charge in [-0.15, -0.1) is 10.2 Å². The van der Waals surface area contributed by atoms with Crippen molar-refractivity contribution in [1.82, 2.24) is 19.9 Å². The van der Waals surface area contributed by atoms with Gasteiger partial charge in [-0.1, -0.05) is 13.0 Å². The number of nitrogens with one attached hydrogen (secondary N) is 1. The third kappa shape index (κ3) is 2.77. The topological polar surface area (TPSA) is 80.6 Å². The second-order valence-corrected chi connectivity index (χ2v) is 4.20. The first kappa shape index (κ1) is 12.3. The van der Waals surface area contributed by atoms with Gasteiger partial charge in [-0.2, -0.15) is 0 Å². The Morgan fingerprint density at radius 1 is 1.50 bits per heavy atom. The molecule has 2 rings (SSSR count). The Balaban J connectivity index is 2.08. The molecule has 18 heavy (non-hydrogen) atoms. The van der Waals surface area contributed by atoms with Crippen LogP contribution in [0.15, 0.2) is 29.4 Å².